The number of aromatic nitrogens is 2. The van der Waals surface area contributed by atoms with E-state index in [4.69, 9.17) is 11.6 Å². The molecule has 0 aliphatic heterocycles. The van der Waals surface area contributed by atoms with E-state index in [2.05, 4.69) is 122 Å². The summed E-state index contributed by atoms with van der Waals surface area (Å²) in [5.74, 6) is 1.63. The number of pyridine rings is 2. The normalized spacial score (nSPS) is 11.1. The Morgan fingerprint density at radius 1 is 0.542 bits per heavy atom. The van der Waals surface area contributed by atoms with Crippen LogP contribution in [0.25, 0.3) is 59.4 Å². The number of rotatable bonds is 8. The largest absolute Gasteiger partial charge is 0.293 e. The number of nitrogens with zero attached hydrogens (tertiary/aromatic N) is 6. The zero-order valence-electron chi connectivity index (χ0n) is 32.2. The Balaban J connectivity index is 1.21. The lowest BCUT2D eigenvalue weighted by molar-refractivity contribution is -0.658. The first-order valence-electron chi connectivity index (χ1n) is 19.4. The summed E-state index contributed by atoms with van der Waals surface area (Å²) in [6.07, 6.45) is 3.82. The molecule has 0 bridgehead atoms. The van der Waals surface area contributed by atoms with E-state index in [-0.39, 0.29) is 0 Å². The van der Waals surface area contributed by atoms with E-state index in [9.17, 15) is 5.26 Å². The summed E-state index contributed by atoms with van der Waals surface area (Å²) in [4.78, 5) is 13.3. The third-order valence-corrected chi connectivity index (χ3v) is 11.1. The third kappa shape index (κ3) is 6.05. The maximum atomic E-state index is 10.6. The van der Waals surface area contributed by atoms with E-state index < -0.39 is 0 Å². The zero-order valence-corrected chi connectivity index (χ0v) is 32.2. The molecule has 0 aliphatic rings. The van der Waals surface area contributed by atoms with Crippen molar-refractivity contribution in [3.63, 3.8) is 0 Å². The Kier molecular flexibility index (Phi) is 8.71. The highest BCUT2D eigenvalue weighted by molar-refractivity contribution is 6.28. The minimum atomic E-state index is 0.547. The highest BCUT2D eigenvalue weighted by atomic mass is 15.2. The van der Waals surface area contributed by atoms with Crippen molar-refractivity contribution in [2.24, 2.45) is 7.05 Å². The van der Waals surface area contributed by atoms with Crippen molar-refractivity contribution in [3.05, 3.63) is 211 Å². The molecule has 0 fully saturated rings. The van der Waals surface area contributed by atoms with Gasteiger partial charge in [-0.25, -0.2) is 19.3 Å². The number of anilines is 6. The van der Waals surface area contributed by atoms with Gasteiger partial charge in [0.05, 0.1) is 36.8 Å². The molecule has 6 nitrogen and oxygen atoms in total. The minimum Gasteiger partial charge on any atom is -0.293 e. The van der Waals surface area contributed by atoms with Crippen molar-refractivity contribution in [1.29, 1.82) is 5.26 Å². The molecule has 2 aromatic heterocycles. The smallest absolute Gasteiger partial charge is 0.285 e. The summed E-state index contributed by atoms with van der Waals surface area (Å²) in [5, 5.41) is 17.2. The molecular weight excluding hydrogens is 721 g/mol. The molecule has 276 valence electrons. The number of hydrogen-bond donors (Lipinski definition) is 0. The van der Waals surface area contributed by atoms with Crippen molar-refractivity contribution in [2.45, 2.75) is 0 Å². The molecular formula is C53H35N6+. The fraction of sp³-hybridized carbons (Fsp3) is 0.0189. The van der Waals surface area contributed by atoms with Crippen LogP contribution < -0.4 is 14.4 Å². The van der Waals surface area contributed by atoms with Gasteiger partial charge < -0.3 is 0 Å². The molecule has 2 heterocycles. The number of nitriles is 1. The number of aryl methyl sites for hydroxylation is 1. The molecule has 0 spiro atoms. The van der Waals surface area contributed by atoms with Crippen LogP contribution in [-0.4, -0.2) is 4.98 Å². The van der Waals surface area contributed by atoms with Gasteiger partial charge in [0.25, 0.3) is 5.82 Å². The molecule has 0 saturated carbocycles. The summed E-state index contributed by atoms with van der Waals surface area (Å²) in [6, 6.07) is 64.5. The summed E-state index contributed by atoms with van der Waals surface area (Å²) in [6.45, 7) is 8.40. The van der Waals surface area contributed by atoms with Gasteiger partial charge in [0, 0.05) is 28.4 Å². The highest BCUT2D eigenvalue weighted by Gasteiger charge is 2.30. The second kappa shape index (κ2) is 14.6. The molecule has 0 atom stereocenters. The molecule has 10 aromatic rings. The summed E-state index contributed by atoms with van der Waals surface area (Å²) in [7, 11) is 2.04. The number of benzene rings is 8. The minimum absolute atomic E-state index is 0.547. The first kappa shape index (κ1) is 35.1. The lowest BCUT2D eigenvalue weighted by Crippen LogP contribution is -2.34. The van der Waals surface area contributed by atoms with Crippen LogP contribution in [0.1, 0.15) is 5.56 Å². The predicted molar refractivity (Wildman–Crippen MR) is 240 cm³/mol. The van der Waals surface area contributed by atoms with Gasteiger partial charge in [-0.2, -0.15) is 5.26 Å². The maximum absolute atomic E-state index is 10.6. The quantitative estimate of drug-likeness (QED) is 0.0880. The monoisotopic (exact) mass is 755 g/mol. The Morgan fingerprint density at radius 2 is 1.10 bits per heavy atom. The number of hydrogen-bond acceptors (Lipinski definition) is 4. The standard InChI is InChI=1S/C53H35N6/c1-55-45-34-41(37-15-7-4-8-16-37)24-30-49(45)59(51-18-10-12-32-57(51)2)48-29-22-39-19-25-43-47(28-21-38-20-26-44(48)53(39)52(38)43)58(50-17-9-11-31-56-50)46-27-23-40(33-42(46)35-54)36-13-5-3-6-14-36/h3-34H,2H3/q+1. The fourth-order valence-electron chi connectivity index (χ4n) is 8.39. The van der Waals surface area contributed by atoms with Gasteiger partial charge in [-0.1, -0.05) is 115 Å². The SMILES string of the molecule is [C-]#[N+]c1cc(-c2ccccc2)ccc1N(c1ccc2ccc3c(N(c4ccccn4)c4ccc(-c5ccccc5)cc4C#N)ccc4ccc1c2c43)c1cccc[n+]1C. The molecule has 59 heavy (non-hydrogen) atoms. The summed E-state index contributed by atoms with van der Waals surface area (Å²) in [5.41, 5.74) is 8.59. The van der Waals surface area contributed by atoms with Gasteiger partial charge >= 0.3 is 0 Å². The predicted octanol–water partition coefficient (Wildman–Crippen LogP) is 13.5. The Morgan fingerprint density at radius 3 is 1.69 bits per heavy atom. The highest BCUT2D eigenvalue weighted by Crippen LogP contribution is 2.49. The van der Waals surface area contributed by atoms with E-state index in [1.807, 2.05) is 98.2 Å². The molecule has 0 radical (unpaired) electrons. The topological polar surface area (TPSA) is 51.4 Å². The molecule has 8 aromatic carbocycles. The second-order valence-electron chi connectivity index (χ2n) is 14.5. The van der Waals surface area contributed by atoms with Crippen LogP contribution in [0.15, 0.2) is 194 Å². The maximum Gasteiger partial charge on any atom is 0.285 e. The molecule has 0 N–H and O–H groups in total. The lowest BCUT2D eigenvalue weighted by Gasteiger charge is -2.28. The van der Waals surface area contributed by atoms with Crippen LogP contribution in [-0.2, 0) is 7.05 Å². The van der Waals surface area contributed by atoms with Crippen molar-refractivity contribution >= 4 is 72.4 Å². The van der Waals surface area contributed by atoms with Crippen LogP contribution in [0.2, 0.25) is 0 Å². The first-order valence-corrected chi connectivity index (χ1v) is 19.4. The van der Waals surface area contributed by atoms with Crippen molar-refractivity contribution in [2.75, 3.05) is 9.80 Å². The molecule has 0 saturated heterocycles. The Hall–Kier alpha value is -8.32. The Bertz CT molecular complexity index is 3260. The van der Waals surface area contributed by atoms with E-state index in [1.54, 1.807) is 6.20 Å². The van der Waals surface area contributed by atoms with Crippen molar-refractivity contribution in [1.82, 2.24) is 4.98 Å². The van der Waals surface area contributed by atoms with E-state index >= 15 is 0 Å². The van der Waals surface area contributed by atoms with E-state index in [0.29, 0.717) is 17.1 Å². The second-order valence-corrected chi connectivity index (χ2v) is 14.5. The van der Waals surface area contributed by atoms with E-state index in [0.717, 1.165) is 83.1 Å². The first-order chi connectivity index (χ1) is 29.1. The van der Waals surface area contributed by atoms with Gasteiger partial charge in [-0.15, -0.1) is 0 Å². The van der Waals surface area contributed by atoms with Gasteiger partial charge in [-0.3, -0.25) is 4.90 Å². The molecule has 0 unspecified atom stereocenters. The Labute approximate surface area is 342 Å². The van der Waals surface area contributed by atoms with Crippen molar-refractivity contribution in [3.8, 4) is 28.3 Å². The van der Waals surface area contributed by atoms with E-state index in [1.165, 1.54) is 0 Å². The molecule has 0 aliphatic carbocycles. The average Bonchev–Trinajstić information content (AvgIpc) is 3.30. The van der Waals surface area contributed by atoms with Gasteiger partial charge in [0.1, 0.15) is 23.3 Å². The third-order valence-electron chi connectivity index (χ3n) is 11.1. The van der Waals surface area contributed by atoms with Crippen LogP contribution in [0, 0.1) is 17.9 Å². The fourth-order valence-corrected chi connectivity index (χ4v) is 8.39. The van der Waals surface area contributed by atoms with Crippen LogP contribution in [0.4, 0.5) is 40.1 Å². The van der Waals surface area contributed by atoms with Crippen molar-refractivity contribution < 1.29 is 4.57 Å². The molecule has 10 rings (SSSR count). The summed E-state index contributed by atoms with van der Waals surface area (Å²) >= 11 is 0. The van der Waals surface area contributed by atoms with Gasteiger partial charge in [0.2, 0.25) is 5.69 Å². The summed E-state index contributed by atoms with van der Waals surface area (Å²) < 4.78 is 2.09. The van der Waals surface area contributed by atoms with Gasteiger partial charge in [0.15, 0.2) is 0 Å². The lowest BCUT2D eigenvalue weighted by atomic mass is 9.91. The van der Waals surface area contributed by atoms with Crippen LogP contribution in [0.5, 0.6) is 0 Å². The van der Waals surface area contributed by atoms with Crippen LogP contribution >= 0.6 is 0 Å². The zero-order chi connectivity index (χ0) is 39.9. The average molecular weight is 756 g/mol. The van der Waals surface area contributed by atoms with Crippen LogP contribution in [0.3, 0.4) is 0 Å². The van der Waals surface area contributed by atoms with Gasteiger partial charge in [-0.05, 0) is 99.1 Å². The molecule has 6 heteroatoms. The molecule has 0 amide bonds.